The molecule has 0 fully saturated rings. The highest BCUT2D eigenvalue weighted by Crippen LogP contribution is 2.14. The average Bonchev–Trinajstić information content (AvgIpc) is 2.49. The first-order valence-corrected chi connectivity index (χ1v) is 3.72. The average molecular weight is 160 g/mol. The van der Waals surface area contributed by atoms with Gasteiger partial charge in [0.2, 0.25) is 0 Å². The Kier molecular flexibility index (Phi) is 1.43. The summed E-state index contributed by atoms with van der Waals surface area (Å²) >= 11 is 0. The van der Waals surface area contributed by atoms with Crippen LogP contribution in [-0.2, 0) is 0 Å². The van der Waals surface area contributed by atoms with Crippen LogP contribution in [0.25, 0.3) is 10.9 Å². The first-order chi connectivity index (χ1) is 5.79. The van der Waals surface area contributed by atoms with Gasteiger partial charge in [-0.3, -0.25) is 9.78 Å². The van der Waals surface area contributed by atoms with Crippen molar-refractivity contribution in [2.75, 3.05) is 0 Å². The SMILES string of the molecule is CC(=O)c1nccc2cc[nH]c12. The minimum atomic E-state index is -0.0111. The lowest BCUT2D eigenvalue weighted by atomic mass is 10.2. The van der Waals surface area contributed by atoms with E-state index in [-0.39, 0.29) is 5.78 Å². The number of carbonyl (C=O) groups excluding carboxylic acids is 1. The zero-order valence-electron chi connectivity index (χ0n) is 6.66. The molecule has 0 aliphatic rings. The highest BCUT2D eigenvalue weighted by Gasteiger charge is 2.06. The van der Waals surface area contributed by atoms with E-state index >= 15 is 0 Å². The van der Waals surface area contributed by atoms with Gasteiger partial charge in [-0.25, -0.2) is 0 Å². The van der Waals surface area contributed by atoms with Crippen molar-refractivity contribution in [1.29, 1.82) is 0 Å². The van der Waals surface area contributed by atoms with Gasteiger partial charge in [0, 0.05) is 24.7 Å². The Labute approximate surface area is 69.4 Å². The maximum atomic E-state index is 11.1. The molecule has 3 nitrogen and oxygen atoms in total. The van der Waals surface area contributed by atoms with Crippen LogP contribution in [-0.4, -0.2) is 15.8 Å². The first kappa shape index (κ1) is 7.03. The monoisotopic (exact) mass is 160 g/mol. The lowest BCUT2D eigenvalue weighted by molar-refractivity contribution is 0.101. The molecule has 0 saturated carbocycles. The van der Waals surface area contributed by atoms with Crippen LogP contribution in [0.2, 0.25) is 0 Å². The number of nitrogens with one attached hydrogen (secondary N) is 1. The number of aromatic nitrogens is 2. The predicted octanol–water partition coefficient (Wildman–Crippen LogP) is 1.77. The van der Waals surface area contributed by atoms with Gasteiger partial charge in [-0.05, 0) is 12.1 Å². The number of carbonyl (C=O) groups is 1. The highest BCUT2D eigenvalue weighted by molar-refractivity contribution is 6.03. The van der Waals surface area contributed by atoms with E-state index in [1.165, 1.54) is 6.92 Å². The molecular weight excluding hydrogens is 152 g/mol. The van der Waals surface area contributed by atoms with Crippen molar-refractivity contribution in [3.8, 4) is 0 Å². The Morgan fingerprint density at radius 2 is 2.33 bits per heavy atom. The van der Waals surface area contributed by atoms with Gasteiger partial charge < -0.3 is 4.98 Å². The molecule has 2 rings (SSSR count). The summed E-state index contributed by atoms with van der Waals surface area (Å²) in [6, 6.07) is 3.79. The topological polar surface area (TPSA) is 45.8 Å². The number of nitrogens with zero attached hydrogens (tertiary/aromatic N) is 1. The van der Waals surface area contributed by atoms with Crippen LogP contribution in [0.3, 0.4) is 0 Å². The molecule has 0 unspecified atom stereocenters. The highest BCUT2D eigenvalue weighted by atomic mass is 16.1. The molecule has 0 atom stereocenters. The molecule has 0 aliphatic carbocycles. The third kappa shape index (κ3) is 0.906. The molecule has 0 saturated heterocycles. The Balaban J connectivity index is 2.82. The minimum Gasteiger partial charge on any atom is -0.359 e. The number of hydrogen-bond acceptors (Lipinski definition) is 2. The number of fused-ring (bicyclic) bond motifs is 1. The Hall–Kier alpha value is -1.64. The normalized spacial score (nSPS) is 10.4. The fraction of sp³-hybridized carbons (Fsp3) is 0.111. The van der Waals surface area contributed by atoms with E-state index in [9.17, 15) is 4.79 Å². The van der Waals surface area contributed by atoms with E-state index < -0.39 is 0 Å². The molecule has 12 heavy (non-hydrogen) atoms. The second-order valence-corrected chi connectivity index (χ2v) is 2.66. The minimum absolute atomic E-state index is 0.0111. The fourth-order valence-electron chi connectivity index (χ4n) is 1.25. The number of hydrogen-bond donors (Lipinski definition) is 1. The third-order valence-corrected chi connectivity index (χ3v) is 1.81. The number of H-pyrrole nitrogens is 1. The Bertz CT molecular complexity index is 431. The molecule has 0 spiro atoms. The van der Waals surface area contributed by atoms with Gasteiger partial charge in [-0.15, -0.1) is 0 Å². The van der Waals surface area contributed by atoms with Crippen LogP contribution in [0.1, 0.15) is 17.4 Å². The zero-order valence-corrected chi connectivity index (χ0v) is 6.66. The van der Waals surface area contributed by atoms with Crippen molar-refractivity contribution in [2.45, 2.75) is 6.92 Å². The van der Waals surface area contributed by atoms with Gasteiger partial charge in [-0.2, -0.15) is 0 Å². The molecule has 0 aromatic carbocycles. The molecule has 0 radical (unpaired) electrons. The van der Waals surface area contributed by atoms with E-state index in [4.69, 9.17) is 0 Å². The van der Waals surface area contributed by atoms with Crippen molar-refractivity contribution in [3.05, 3.63) is 30.2 Å². The summed E-state index contributed by atoms with van der Waals surface area (Å²) in [6.07, 6.45) is 3.45. The molecular formula is C9H8N2O. The number of pyridine rings is 1. The molecule has 2 aromatic heterocycles. The number of Topliss-reactive ketones (excluding diaryl/α,β-unsaturated/α-hetero) is 1. The molecule has 60 valence electrons. The van der Waals surface area contributed by atoms with Gasteiger partial charge in [0.25, 0.3) is 0 Å². The Morgan fingerprint density at radius 3 is 3.08 bits per heavy atom. The summed E-state index contributed by atoms with van der Waals surface area (Å²) < 4.78 is 0. The van der Waals surface area contributed by atoms with E-state index in [1.54, 1.807) is 12.4 Å². The fourth-order valence-corrected chi connectivity index (χ4v) is 1.25. The van der Waals surface area contributed by atoms with Crippen LogP contribution >= 0.6 is 0 Å². The van der Waals surface area contributed by atoms with Crippen LogP contribution in [0, 0.1) is 0 Å². The van der Waals surface area contributed by atoms with Crippen LogP contribution in [0.15, 0.2) is 24.5 Å². The second kappa shape index (κ2) is 2.44. The van der Waals surface area contributed by atoms with Gasteiger partial charge in [0.15, 0.2) is 5.78 Å². The summed E-state index contributed by atoms with van der Waals surface area (Å²) in [5, 5.41) is 1.02. The lowest BCUT2D eigenvalue weighted by Crippen LogP contribution is -1.96. The van der Waals surface area contributed by atoms with E-state index in [2.05, 4.69) is 9.97 Å². The van der Waals surface area contributed by atoms with Gasteiger partial charge in [-0.1, -0.05) is 0 Å². The smallest absolute Gasteiger partial charge is 0.180 e. The van der Waals surface area contributed by atoms with Crippen LogP contribution in [0.4, 0.5) is 0 Å². The summed E-state index contributed by atoms with van der Waals surface area (Å²) in [4.78, 5) is 18.1. The molecule has 1 N–H and O–H groups in total. The lowest BCUT2D eigenvalue weighted by Gasteiger charge is -1.95. The number of ketones is 1. The first-order valence-electron chi connectivity index (χ1n) is 3.72. The van der Waals surface area contributed by atoms with E-state index in [1.807, 2.05) is 12.1 Å². The van der Waals surface area contributed by atoms with Crippen molar-refractivity contribution < 1.29 is 4.79 Å². The standard InChI is InChI=1S/C9H8N2O/c1-6(12)8-9-7(2-4-10-8)3-5-11-9/h2-5,11H,1H3. The maximum Gasteiger partial charge on any atom is 0.180 e. The summed E-state index contributed by atoms with van der Waals surface area (Å²) in [5.41, 5.74) is 1.34. The molecule has 0 aliphatic heterocycles. The second-order valence-electron chi connectivity index (χ2n) is 2.66. The zero-order chi connectivity index (χ0) is 8.55. The molecule has 0 amide bonds. The van der Waals surface area contributed by atoms with Gasteiger partial charge in [0.05, 0.1) is 5.52 Å². The van der Waals surface area contributed by atoms with Gasteiger partial charge in [0.1, 0.15) is 5.69 Å². The summed E-state index contributed by atoms with van der Waals surface area (Å²) in [6.45, 7) is 1.52. The number of aromatic amines is 1. The van der Waals surface area contributed by atoms with Crippen molar-refractivity contribution >= 4 is 16.7 Å². The maximum absolute atomic E-state index is 11.1. The van der Waals surface area contributed by atoms with Gasteiger partial charge >= 0.3 is 0 Å². The molecule has 0 bridgehead atoms. The van der Waals surface area contributed by atoms with Crippen LogP contribution < -0.4 is 0 Å². The molecule has 2 aromatic rings. The number of rotatable bonds is 1. The van der Waals surface area contributed by atoms with E-state index in [0.717, 1.165) is 10.9 Å². The third-order valence-electron chi connectivity index (χ3n) is 1.81. The van der Waals surface area contributed by atoms with Crippen molar-refractivity contribution in [3.63, 3.8) is 0 Å². The summed E-state index contributed by atoms with van der Waals surface area (Å²) in [7, 11) is 0. The predicted molar refractivity (Wildman–Crippen MR) is 46.1 cm³/mol. The summed E-state index contributed by atoms with van der Waals surface area (Å²) in [5.74, 6) is -0.0111. The van der Waals surface area contributed by atoms with Crippen LogP contribution in [0.5, 0.6) is 0 Å². The van der Waals surface area contributed by atoms with Crippen molar-refractivity contribution in [1.82, 2.24) is 9.97 Å². The van der Waals surface area contributed by atoms with Crippen molar-refractivity contribution in [2.24, 2.45) is 0 Å². The molecule has 2 heterocycles. The quantitative estimate of drug-likeness (QED) is 0.646. The van der Waals surface area contributed by atoms with E-state index in [0.29, 0.717) is 5.69 Å². The largest absolute Gasteiger partial charge is 0.359 e. The molecule has 3 heteroatoms. The Morgan fingerprint density at radius 1 is 1.50 bits per heavy atom.